The SMILES string of the molecule is CCCN(C)C(=O)N1C(C(=O)c2ccccc2C(F)(F)F)CNC(Cc2c[nH]c3ccccc23)C1C(=O)c1ccccc1C(F)(F)F. The van der Waals surface area contributed by atoms with Crippen LogP contribution in [0.1, 0.15) is 50.8 Å². The van der Waals surface area contributed by atoms with Crippen molar-refractivity contribution in [2.45, 2.75) is 50.2 Å². The number of carbonyl (C=O) groups is 3. The van der Waals surface area contributed by atoms with Gasteiger partial charge in [-0.2, -0.15) is 26.3 Å². The maximum Gasteiger partial charge on any atom is 0.417 e. The van der Waals surface area contributed by atoms with Crippen molar-refractivity contribution in [3.05, 3.63) is 107 Å². The van der Waals surface area contributed by atoms with E-state index in [2.05, 4.69) is 10.3 Å². The van der Waals surface area contributed by atoms with E-state index in [0.29, 0.717) is 12.0 Å². The van der Waals surface area contributed by atoms with Crippen molar-refractivity contribution in [1.82, 2.24) is 20.1 Å². The summed E-state index contributed by atoms with van der Waals surface area (Å²) in [6.07, 6.45) is -7.67. The van der Waals surface area contributed by atoms with E-state index in [1.54, 1.807) is 25.3 Å². The lowest BCUT2D eigenvalue weighted by atomic mass is 9.85. The number of para-hydroxylation sites is 1. The van der Waals surface area contributed by atoms with Gasteiger partial charge in [-0.1, -0.05) is 61.5 Å². The summed E-state index contributed by atoms with van der Waals surface area (Å²) in [4.78, 5) is 47.9. The number of nitrogens with zero attached hydrogens (tertiary/aromatic N) is 2. The summed E-state index contributed by atoms with van der Waals surface area (Å²) in [7, 11) is 1.40. The van der Waals surface area contributed by atoms with Gasteiger partial charge in [-0.15, -0.1) is 0 Å². The van der Waals surface area contributed by atoms with Gasteiger partial charge in [0.25, 0.3) is 0 Å². The highest BCUT2D eigenvalue weighted by molar-refractivity contribution is 6.07. The molecule has 4 aromatic rings. The lowest BCUT2D eigenvalue weighted by molar-refractivity contribution is -0.138. The van der Waals surface area contributed by atoms with Crippen molar-refractivity contribution < 1.29 is 40.7 Å². The van der Waals surface area contributed by atoms with Gasteiger partial charge in [-0.05, 0) is 36.6 Å². The number of hydrogen-bond acceptors (Lipinski definition) is 4. The Balaban J connectivity index is 1.69. The van der Waals surface area contributed by atoms with E-state index < -0.39 is 70.3 Å². The Morgan fingerprint density at radius 3 is 1.98 bits per heavy atom. The highest BCUT2D eigenvalue weighted by Crippen LogP contribution is 2.36. The smallest absolute Gasteiger partial charge is 0.361 e. The number of carbonyl (C=O) groups excluding carboxylic acids is 3. The van der Waals surface area contributed by atoms with E-state index >= 15 is 0 Å². The number of benzene rings is 3. The number of piperazine rings is 1. The molecular formula is C34H32F6N4O3. The fourth-order valence-corrected chi connectivity index (χ4v) is 6.22. The third-order valence-corrected chi connectivity index (χ3v) is 8.38. The number of amides is 2. The van der Waals surface area contributed by atoms with Gasteiger partial charge in [0.05, 0.1) is 11.1 Å². The molecular weight excluding hydrogens is 626 g/mol. The highest BCUT2D eigenvalue weighted by Gasteiger charge is 2.50. The van der Waals surface area contributed by atoms with Gasteiger partial charge in [0.15, 0.2) is 11.6 Å². The Hall–Kier alpha value is -4.65. The molecule has 5 rings (SSSR count). The summed E-state index contributed by atoms with van der Waals surface area (Å²) in [5.74, 6) is -2.20. The number of hydrogen-bond donors (Lipinski definition) is 2. The quantitative estimate of drug-likeness (QED) is 0.158. The van der Waals surface area contributed by atoms with Crippen molar-refractivity contribution in [3.63, 3.8) is 0 Å². The molecule has 1 saturated heterocycles. The van der Waals surface area contributed by atoms with Crippen LogP contribution in [0.3, 0.4) is 0 Å². The molecule has 2 heterocycles. The molecule has 0 aliphatic carbocycles. The molecule has 2 N–H and O–H groups in total. The Morgan fingerprint density at radius 1 is 0.830 bits per heavy atom. The fraction of sp³-hybridized carbons (Fsp3) is 0.324. The second kappa shape index (κ2) is 13.2. The van der Waals surface area contributed by atoms with E-state index in [1.165, 1.54) is 24.1 Å². The average molecular weight is 659 g/mol. The van der Waals surface area contributed by atoms with Crippen LogP contribution < -0.4 is 5.32 Å². The molecule has 1 fully saturated rings. The van der Waals surface area contributed by atoms with Gasteiger partial charge in [-0.3, -0.25) is 9.59 Å². The highest BCUT2D eigenvalue weighted by atomic mass is 19.4. The number of nitrogens with one attached hydrogen (secondary N) is 2. The molecule has 0 radical (unpaired) electrons. The summed E-state index contributed by atoms with van der Waals surface area (Å²) in [5.41, 5.74) is -2.47. The molecule has 3 unspecified atom stereocenters. The largest absolute Gasteiger partial charge is 0.417 e. The number of fused-ring (bicyclic) bond motifs is 1. The van der Waals surface area contributed by atoms with Crippen molar-refractivity contribution in [1.29, 1.82) is 0 Å². The Morgan fingerprint density at radius 2 is 1.38 bits per heavy atom. The van der Waals surface area contributed by atoms with Gasteiger partial charge in [0.1, 0.15) is 12.1 Å². The minimum atomic E-state index is -4.94. The van der Waals surface area contributed by atoms with Crippen molar-refractivity contribution >= 4 is 28.5 Å². The Labute approximate surface area is 266 Å². The summed E-state index contributed by atoms with van der Waals surface area (Å²) >= 11 is 0. The van der Waals surface area contributed by atoms with Gasteiger partial charge >= 0.3 is 18.4 Å². The predicted molar refractivity (Wildman–Crippen MR) is 163 cm³/mol. The van der Waals surface area contributed by atoms with Crippen LogP contribution in [0.2, 0.25) is 0 Å². The number of urea groups is 1. The van der Waals surface area contributed by atoms with Crippen molar-refractivity contribution in [2.75, 3.05) is 20.1 Å². The third kappa shape index (κ3) is 6.76. The van der Waals surface area contributed by atoms with Crippen LogP contribution in [0, 0.1) is 0 Å². The minimum absolute atomic E-state index is 0.0376. The number of alkyl halides is 6. The first-order chi connectivity index (χ1) is 22.2. The number of aromatic nitrogens is 1. The number of halogens is 6. The van der Waals surface area contributed by atoms with Gasteiger partial charge in [0, 0.05) is 54.4 Å². The monoisotopic (exact) mass is 658 g/mol. The zero-order valence-electron chi connectivity index (χ0n) is 25.5. The van der Waals surface area contributed by atoms with Crippen LogP contribution in [-0.4, -0.2) is 70.6 Å². The molecule has 3 aromatic carbocycles. The maximum atomic E-state index is 14.4. The van der Waals surface area contributed by atoms with Crippen molar-refractivity contribution in [2.24, 2.45) is 0 Å². The molecule has 3 atom stereocenters. The van der Waals surface area contributed by atoms with E-state index in [9.17, 15) is 40.7 Å². The van der Waals surface area contributed by atoms with Gasteiger partial charge < -0.3 is 20.1 Å². The van der Waals surface area contributed by atoms with Crippen LogP contribution in [0.4, 0.5) is 31.1 Å². The number of Topliss-reactive ketones (excluding diaryl/α,β-unsaturated/α-hetero) is 2. The molecule has 2 amide bonds. The molecule has 1 aromatic heterocycles. The first-order valence-corrected chi connectivity index (χ1v) is 15.0. The number of ketones is 2. The van der Waals surface area contributed by atoms with Crippen molar-refractivity contribution in [3.8, 4) is 0 Å². The number of rotatable bonds is 8. The topological polar surface area (TPSA) is 85.5 Å². The first kappa shape index (κ1) is 33.7. The third-order valence-electron chi connectivity index (χ3n) is 8.38. The van der Waals surface area contributed by atoms with Crippen LogP contribution in [-0.2, 0) is 18.8 Å². The van der Waals surface area contributed by atoms with Gasteiger partial charge in [-0.25, -0.2) is 4.79 Å². The summed E-state index contributed by atoms with van der Waals surface area (Å²) in [6.45, 7) is 1.57. The zero-order chi connectivity index (χ0) is 34.1. The molecule has 1 aliphatic rings. The second-order valence-electron chi connectivity index (χ2n) is 11.5. The predicted octanol–water partition coefficient (Wildman–Crippen LogP) is 6.99. The second-order valence-corrected chi connectivity index (χ2v) is 11.5. The molecule has 1 aliphatic heterocycles. The molecule has 0 saturated carbocycles. The Kier molecular flexibility index (Phi) is 9.48. The summed E-state index contributed by atoms with van der Waals surface area (Å²) in [5, 5.41) is 3.84. The fourth-order valence-electron chi connectivity index (χ4n) is 6.22. The zero-order valence-corrected chi connectivity index (χ0v) is 25.5. The van der Waals surface area contributed by atoms with E-state index in [4.69, 9.17) is 0 Å². The molecule has 0 spiro atoms. The number of H-pyrrole nitrogens is 1. The summed E-state index contributed by atoms with van der Waals surface area (Å²) < 4.78 is 84.7. The average Bonchev–Trinajstić information content (AvgIpc) is 3.45. The first-order valence-electron chi connectivity index (χ1n) is 15.0. The van der Waals surface area contributed by atoms with Crippen LogP contribution in [0.5, 0.6) is 0 Å². The lowest BCUT2D eigenvalue weighted by Crippen LogP contribution is -2.70. The number of aromatic amines is 1. The molecule has 47 heavy (non-hydrogen) atoms. The standard InChI is InChI=1S/C34H32F6N4O3/c1-3-16-43(2)32(47)44-28(30(45)22-11-4-7-13-24(22)33(35,36)37)19-42-27(17-20-18-41-26-15-9-6-10-21(20)26)29(44)31(46)23-12-5-8-14-25(23)34(38,39)40/h4-15,18,27-29,41-42H,3,16-17,19H2,1-2H3. The molecule has 248 valence electrons. The van der Waals surface area contributed by atoms with E-state index in [0.717, 1.165) is 52.2 Å². The van der Waals surface area contributed by atoms with E-state index in [-0.39, 0.29) is 19.5 Å². The normalized spacial score (nSPS) is 18.7. The van der Waals surface area contributed by atoms with E-state index in [1.807, 2.05) is 12.1 Å². The maximum absolute atomic E-state index is 14.4. The molecule has 13 heteroatoms. The van der Waals surface area contributed by atoms with Crippen LogP contribution in [0.25, 0.3) is 10.9 Å². The Bertz CT molecular complexity index is 1780. The van der Waals surface area contributed by atoms with Gasteiger partial charge in [0.2, 0.25) is 0 Å². The summed E-state index contributed by atoms with van der Waals surface area (Å²) in [6, 6.07) is 10.2. The molecule has 0 bridgehead atoms. The molecule has 7 nitrogen and oxygen atoms in total. The van der Waals surface area contributed by atoms with Crippen LogP contribution in [0.15, 0.2) is 79.0 Å². The lowest BCUT2D eigenvalue weighted by Gasteiger charge is -2.47. The minimum Gasteiger partial charge on any atom is -0.361 e. The van der Waals surface area contributed by atoms with Crippen LogP contribution >= 0.6 is 0 Å².